The minimum atomic E-state index is 0.201. The van der Waals surface area contributed by atoms with E-state index in [0.29, 0.717) is 6.42 Å². The van der Waals surface area contributed by atoms with Gasteiger partial charge >= 0.3 is 0 Å². The maximum absolute atomic E-state index is 9.55. The molecule has 1 N–H and O–H groups in total. The van der Waals surface area contributed by atoms with Gasteiger partial charge < -0.3 is 9.90 Å². The molecule has 0 saturated carbocycles. The van der Waals surface area contributed by atoms with Gasteiger partial charge in [-0.25, -0.2) is 0 Å². The summed E-state index contributed by atoms with van der Waals surface area (Å²) in [6.07, 6.45) is 2.50. The van der Waals surface area contributed by atoms with Crippen LogP contribution in [0.15, 0.2) is 11.8 Å². The minimum absolute atomic E-state index is 0.201. The van der Waals surface area contributed by atoms with Crippen LogP contribution in [0.5, 0.6) is 0 Å². The maximum Gasteiger partial charge on any atom is 0.123 e. The van der Waals surface area contributed by atoms with Gasteiger partial charge in [-0.1, -0.05) is 0 Å². The van der Waals surface area contributed by atoms with E-state index < -0.39 is 0 Å². The lowest BCUT2D eigenvalue weighted by Gasteiger charge is -1.80. The Morgan fingerprint density at radius 3 is 2.57 bits per heavy atom. The van der Waals surface area contributed by atoms with E-state index in [1.807, 2.05) is 0 Å². The second-order valence-corrected chi connectivity index (χ2v) is 1.25. The van der Waals surface area contributed by atoms with Crippen molar-refractivity contribution in [3.8, 4) is 0 Å². The third-order valence-corrected chi connectivity index (χ3v) is 0.509. The average molecular weight is 100 g/mol. The molecule has 0 unspecified atom stereocenters. The average Bonchev–Trinajstić information content (AvgIpc) is 1.61. The summed E-state index contributed by atoms with van der Waals surface area (Å²) in [6, 6.07) is 0. The highest BCUT2D eigenvalue weighted by atomic mass is 16.3. The molecule has 0 amide bonds. The van der Waals surface area contributed by atoms with Crippen molar-refractivity contribution < 1.29 is 9.90 Å². The summed E-state index contributed by atoms with van der Waals surface area (Å²) in [5.74, 6) is 0.201. The van der Waals surface area contributed by atoms with Gasteiger partial charge in [-0.15, -0.1) is 0 Å². The van der Waals surface area contributed by atoms with E-state index in [0.717, 1.165) is 6.29 Å². The summed E-state index contributed by atoms with van der Waals surface area (Å²) < 4.78 is 0. The second kappa shape index (κ2) is 3.40. The Kier molecular flexibility index (Phi) is 3.02. The molecular weight excluding hydrogens is 92.1 g/mol. The van der Waals surface area contributed by atoms with Crippen LogP contribution in [-0.4, -0.2) is 11.4 Å². The number of hydrogen-bond acceptors (Lipinski definition) is 2. The predicted molar refractivity (Wildman–Crippen MR) is 27.1 cm³/mol. The van der Waals surface area contributed by atoms with Crippen LogP contribution in [0, 0.1) is 0 Å². The molecule has 0 aromatic rings. The first-order valence-electron chi connectivity index (χ1n) is 2.06. The van der Waals surface area contributed by atoms with Crippen LogP contribution in [0.3, 0.4) is 0 Å². The summed E-state index contributed by atoms with van der Waals surface area (Å²) >= 11 is 0. The van der Waals surface area contributed by atoms with Crippen LogP contribution in [-0.2, 0) is 4.79 Å². The van der Waals surface area contributed by atoms with Crippen LogP contribution in [0.1, 0.15) is 13.3 Å². The minimum Gasteiger partial charge on any atom is -0.513 e. The topological polar surface area (TPSA) is 37.3 Å². The van der Waals surface area contributed by atoms with Crippen LogP contribution >= 0.6 is 0 Å². The molecule has 0 aliphatic carbocycles. The van der Waals surface area contributed by atoms with E-state index in [4.69, 9.17) is 5.11 Å². The molecular formula is C5H8O2. The van der Waals surface area contributed by atoms with Crippen LogP contribution < -0.4 is 0 Å². The molecule has 0 fully saturated rings. The fourth-order valence-electron chi connectivity index (χ4n) is 0.219. The van der Waals surface area contributed by atoms with E-state index in [9.17, 15) is 4.79 Å². The van der Waals surface area contributed by atoms with E-state index in [1.165, 1.54) is 13.0 Å². The Morgan fingerprint density at radius 1 is 1.86 bits per heavy atom. The molecule has 0 heterocycles. The smallest absolute Gasteiger partial charge is 0.123 e. The maximum atomic E-state index is 9.55. The number of carbonyl (C=O) groups is 1. The Bertz CT molecular complexity index is 80.1. The van der Waals surface area contributed by atoms with Gasteiger partial charge in [0.2, 0.25) is 0 Å². The van der Waals surface area contributed by atoms with Crippen LogP contribution in [0.2, 0.25) is 0 Å². The predicted octanol–water partition coefficient (Wildman–Crippen LogP) is 1.04. The first kappa shape index (κ1) is 6.21. The van der Waals surface area contributed by atoms with E-state index in [2.05, 4.69) is 0 Å². The molecule has 2 heteroatoms. The SMILES string of the molecule is CC(O)=CCC=O. The molecule has 2 nitrogen and oxygen atoms in total. The summed E-state index contributed by atoms with van der Waals surface area (Å²) in [4.78, 5) is 9.55. The van der Waals surface area contributed by atoms with Gasteiger partial charge in [0.1, 0.15) is 6.29 Å². The molecule has 0 aromatic carbocycles. The highest BCUT2D eigenvalue weighted by molar-refractivity contribution is 5.51. The highest BCUT2D eigenvalue weighted by Crippen LogP contribution is 1.84. The fraction of sp³-hybridized carbons (Fsp3) is 0.400. The first-order valence-corrected chi connectivity index (χ1v) is 2.06. The summed E-state index contributed by atoms with van der Waals surface area (Å²) in [5, 5.41) is 8.39. The zero-order valence-electron chi connectivity index (χ0n) is 4.22. The van der Waals surface area contributed by atoms with Crippen molar-refractivity contribution in [1.29, 1.82) is 0 Å². The summed E-state index contributed by atoms with van der Waals surface area (Å²) in [5.41, 5.74) is 0. The molecule has 0 bridgehead atoms. The van der Waals surface area contributed by atoms with Crippen molar-refractivity contribution in [1.82, 2.24) is 0 Å². The number of aliphatic hydroxyl groups excluding tert-OH is 1. The zero-order valence-corrected chi connectivity index (χ0v) is 4.22. The quantitative estimate of drug-likeness (QED) is 0.415. The Morgan fingerprint density at radius 2 is 2.43 bits per heavy atom. The van der Waals surface area contributed by atoms with Crippen LogP contribution in [0.25, 0.3) is 0 Å². The van der Waals surface area contributed by atoms with Gasteiger partial charge in [0.05, 0.1) is 5.76 Å². The van der Waals surface area contributed by atoms with E-state index >= 15 is 0 Å². The molecule has 0 spiro atoms. The number of aldehydes is 1. The Balaban J connectivity index is 3.25. The number of rotatable bonds is 2. The zero-order chi connectivity index (χ0) is 5.70. The molecule has 0 aliphatic rings. The van der Waals surface area contributed by atoms with E-state index in [1.54, 1.807) is 0 Å². The standard InChI is InChI=1S/C5H8O2/c1-5(7)3-2-4-6/h3-4,7H,2H2,1H3. The Labute approximate surface area is 42.5 Å². The van der Waals surface area contributed by atoms with Crippen molar-refractivity contribution >= 4 is 6.29 Å². The Hall–Kier alpha value is -0.790. The molecule has 0 saturated heterocycles. The van der Waals surface area contributed by atoms with Gasteiger partial charge in [0.25, 0.3) is 0 Å². The lowest BCUT2D eigenvalue weighted by molar-refractivity contribution is -0.107. The molecule has 0 radical (unpaired) electrons. The van der Waals surface area contributed by atoms with Crippen molar-refractivity contribution in [2.45, 2.75) is 13.3 Å². The number of carbonyl (C=O) groups excluding carboxylic acids is 1. The molecule has 7 heavy (non-hydrogen) atoms. The molecule has 0 aliphatic heterocycles. The van der Waals surface area contributed by atoms with Gasteiger partial charge in [-0.3, -0.25) is 0 Å². The molecule has 40 valence electrons. The third-order valence-electron chi connectivity index (χ3n) is 0.509. The molecule has 0 atom stereocenters. The molecule has 0 rings (SSSR count). The lowest BCUT2D eigenvalue weighted by atomic mass is 10.4. The van der Waals surface area contributed by atoms with Crippen molar-refractivity contribution in [3.63, 3.8) is 0 Å². The summed E-state index contributed by atoms with van der Waals surface area (Å²) in [6.45, 7) is 1.53. The lowest BCUT2D eigenvalue weighted by Crippen LogP contribution is -1.71. The number of allylic oxidation sites excluding steroid dienone is 2. The van der Waals surface area contributed by atoms with Crippen LogP contribution in [0.4, 0.5) is 0 Å². The van der Waals surface area contributed by atoms with Crippen molar-refractivity contribution in [2.24, 2.45) is 0 Å². The van der Waals surface area contributed by atoms with Crippen molar-refractivity contribution in [2.75, 3.05) is 0 Å². The first-order chi connectivity index (χ1) is 3.27. The van der Waals surface area contributed by atoms with Gasteiger partial charge in [0.15, 0.2) is 0 Å². The molecule has 0 aromatic heterocycles. The van der Waals surface area contributed by atoms with E-state index in [-0.39, 0.29) is 5.76 Å². The van der Waals surface area contributed by atoms with Crippen molar-refractivity contribution in [3.05, 3.63) is 11.8 Å². The highest BCUT2D eigenvalue weighted by Gasteiger charge is 1.75. The monoisotopic (exact) mass is 100 g/mol. The van der Waals surface area contributed by atoms with Gasteiger partial charge in [-0.05, 0) is 13.0 Å². The van der Waals surface area contributed by atoms with Gasteiger partial charge in [-0.2, -0.15) is 0 Å². The summed E-state index contributed by atoms with van der Waals surface area (Å²) in [7, 11) is 0. The second-order valence-electron chi connectivity index (χ2n) is 1.25. The van der Waals surface area contributed by atoms with Gasteiger partial charge in [0, 0.05) is 6.42 Å². The normalized spacial score (nSPS) is 11.3. The number of aliphatic hydroxyl groups is 1. The third kappa shape index (κ3) is 5.21. The number of hydrogen-bond donors (Lipinski definition) is 1. The fourth-order valence-corrected chi connectivity index (χ4v) is 0.219. The largest absolute Gasteiger partial charge is 0.513 e.